The van der Waals surface area contributed by atoms with E-state index < -0.39 is 5.91 Å². The number of halogens is 1. The first-order chi connectivity index (χ1) is 5.15. The third-order valence-corrected chi connectivity index (χ3v) is 1.20. The van der Waals surface area contributed by atoms with Gasteiger partial charge in [0.2, 0.25) is 11.7 Å². The van der Waals surface area contributed by atoms with Crippen molar-refractivity contribution in [2.45, 2.75) is 13.5 Å². The Labute approximate surface area is 75.0 Å². The van der Waals surface area contributed by atoms with E-state index >= 15 is 0 Å². The third-order valence-electron chi connectivity index (χ3n) is 1.20. The third kappa shape index (κ3) is 1.96. The molecule has 12 heavy (non-hydrogen) atoms. The van der Waals surface area contributed by atoms with E-state index in [0.29, 0.717) is 5.69 Å². The number of aromatic nitrogens is 1. The molecule has 0 aliphatic rings. The first-order valence-electron chi connectivity index (χ1n) is 3.02. The molecular formula is C6H9ClN2O3. The van der Waals surface area contributed by atoms with Gasteiger partial charge in [0.25, 0.3) is 5.91 Å². The predicted octanol–water partition coefficient (Wildman–Crippen LogP) is -0.00398. The highest BCUT2D eigenvalue weighted by Crippen LogP contribution is 2.08. The Bertz CT molecular complexity index is 284. The number of primary amides is 1. The van der Waals surface area contributed by atoms with Crippen molar-refractivity contribution in [3.05, 3.63) is 17.3 Å². The predicted molar refractivity (Wildman–Crippen MR) is 42.9 cm³/mol. The Kier molecular flexibility index (Phi) is 3.72. The van der Waals surface area contributed by atoms with Gasteiger partial charge in [0.15, 0.2) is 0 Å². The molecule has 1 aromatic rings. The van der Waals surface area contributed by atoms with Gasteiger partial charge in [0, 0.05) is 0 Å². The maximum absolute atomic E-state index is 10.6. The maximum atomic E-state index is 10.6. The number of oxazole rings is 1. The standard InChI is InChI=1S/C6H8N2O3.ClH/c1-3-5(6(7)10)11-4(2-9)8-3;/h9H,2H2,1H3,(H2,7,10);1H. The van der Waals surface area contributed by atoms with E-state index in [9.17, 15) is 4.79 Å². The fourth-order valence-corrected chi connectivity index (χ4v) is 0.749. The van der Waals surface area contributed by atoms with Gasteiger partial charge in [0.05, 0.1) is 5.69 Å². The van der Waals surface area contributed by atoms with Crippen molar-refractivity contribution in [1.29, 1.82) is 0 Å². The van der Waals surface area contributed by atoms with Gasteiger partial charge >= 0.3 is 0 Å². The smallest absolute Gasteiger partial charge is 0.286 e. The molecule has 0 atom stereocenters. The summed E-state index contributed by atoms with van der Waals surface area (Å²) in [6.07, 6.45) is 0. The molecule has 6 heteroatoms. The van der Waals surface area contributed by atoms with E-state index in [1.165, 1.54) is 0 Å². The Morgan fingerprint density at radius 1 is 1.75 bits per heavy atom. The molecule has 0 aliphatic heterocycles. The molecule has 1 amide bonds. The normalized spacial score (nSPS) is 9.17. The van der Waals surface area contributed by atoms with Gasteiger partial charge in [-0.15, -0.1) is 12.4 Å². The van der Waals surface area contributed by atoms with Crippen LogP contribution in [0.15, 0.2) is 4.42 Å². The summed E-state index contributed by atoms with van der Waals surface area (Å²) in [4.78, 5) is 14.3. The van der Waals surface area contributed by atoms with Gasteiger partial charge in [0.1, 0.15) is 6.61 Å². The number of rotatable bonds is 2. The zero-order valence-corrected chi connectivity index (χ0v) is 7.22. The molecule has 1 aromatic heterocycles. The number of amides is 1. The van der Waals surface area contributed by atoms with Crippen LogP contribution < -0.4 is 5.73 Å². The molecule has 0 spiro atoms. The summed E-state index contributed by atoms with van der Waals surface area (Å²) in [7, 11) is 0. The highest BCUT2D eigenvalue weighted by molar-refractivity contribution is 5.90. The molecule has 0 bridgehead atoms. The van der Waals surface area contributed by atoms with Crippen LogP contribution in [0.2, 0.25) is 0 Å². The van der Waals surface area contributed by atoms with Crippen LogP contribution >= 0.6 is 12.4 Å². The van der Waals surface area contributed by atoms with Crippen LogP contribution in [-0.4, -0.2) is 16.0 Å². The number of aryl methyl sites for hydroxylation is 1. The molecule has 0 radical (unpaired) electrons. The number of hydrogen-bond acceptors (Lipinski definition) is 4. The average Bonchev–Trinajstić information content (AvgIpc) is 2.30. The molecule has 0 saturated heterocycles. The van der Waals surface area contributed by atoms with E-state index in [1.54, 1.807) is 6.92 Å². The summed E-state index contributed by atoms with van der Waals surface area (Å²) in [5.74, 6) is -0.556. The van der Waals surface area contributed by atoms with Gasteiger partial charge in [-0.25, -0.2) is 4.98 Å². The van der Waals surface area contributed by atoms with E-state index in [0.717, 1.165) is 0 Å². The zero-order chi connectivity index (χ0) is 8.43. The number of nitrogens with zero attached hydrogens (tertiary/aromatic N) is 1. The second kappa shape index (κ2) is 4.08. The maximum Gasteiger partial charge on any atom is 0.286 e. The minimum Gasteiger partial charge on any atom is -0.433 e. The van der Waals surface area contributed by atoms with Gasteiger partial charge in [-0.3, -0.25) is 4.79 Å². The van der Waals surface area contributed by atoms with Gasteiger partial charge in [-0.05, 0) is 6.92 Å². The molecule has 0 fully saturated rings. The monoisotopic (exact) mass is 192 g/mol. The Morgan fingerprint density at radius 2 is 2.33 bits per heavy atom. The van der Waals surface area contributed by atoms with Gasteiger partial charge < -0.3 is 15.3 Å². The minimum atomic E-state index is -0.672. The van der Waals surface area contributed by atoms with E-state index in [4.69, 9.17) is 15.3 Å². The van der Waals surface area contributed by atoms with Crippen molar-refractivity contribution < 1.29 is 14.3 Å². The second-order valence-electron chi connectivity index (χ2n) is 2.04. The van der Waals surface area contributed by atoms with Gasteiger partial charge in [-0.1, -0.05) is 0 Å². The van der Waals surface area contributed by atoms with Crippen molar-refractivity contribution in [1.82, 2.24) is 4.98 Å². The number of nitrogens with two attached hydrogens (primary N) is 1. The molecule has 68 valence electrons. The molecule has 0 aliphatic carbocycles. The molecule has 1 rings (SSSR count). The largest absolute Gasteiger partial charge is 0.433 e. The molecule has 0 unspecified atom stereocenters. The number of aliphatic hydroxyl groups is 1. The first kappa shape index (κ1) is 10.9. The summed E-state index contributed by atoms with van der Waals surface area (Å²) in [5.41, 5.74) is 5.33. The van der Waals surface area contributed by atoms with E-state index in [1.807, 2.05) is 0 Å². The van der Waals surface area contributed by atoms with Crippen LogP contribution in [0.4, 0.5) is 0 Å². The SMILES string of the molecule is Cc1nc(CO)oc1C(N)=O.Cl. The summed E-state index contributed by atoms with van der Waals surface area (Å²) < 4.78 is 4.79. The van der Waals surface area contributed by atoms with Gasteiger partial charge in [-0.2, -0.15) is 0 Å². The first-order valence-corrected chi connectivity index (χ1v) is 3.02. The molecule has 0 saturated carbocycles. The van der Waals surface area contributed by atoms with Crippen LogP contribution in [0.25, 0.3) is 0 Å². The number of hydrogen-bond donors (Lipinski definition) is 2. The van der Waals surface area contributed by atoms with E-state index in [2.05, 4.69) is 4.98 Å². The lowest BCUT2D eigenvalue weighted by atomic mass is 10.4. The van der Waals surface area contributed by atoms with Crippen molar-refractivity contribution in [2.75, 3.05) is 0 Å². The summed E-state index contributed by atoms with van der Waals surface area (Å²) >= 11 is 0. The van der Waals surface area contributed by atoms with Crippen LogP contribution in [0, 0.1) is 6.92 Å². The molecule has 1 heterocycles. The zero-order valence-electron chi connectivity index (χ0n) is 6.40. The minimum absolute atomic E-state index is 0. The fraction of sp³-hybridized carbons (Fsp3) is 0.333. The number of carbonyl (C=O) groups is 1. The quantitative estimate of drug-likeness (QED) is 0.690. The van der Waals surface area contributed by atoms with E-state index in [-0.39, 0.29) is 30.7 Å². The van der Waals surface area contributed by atoms with Crippen molar-refractivity contribution in [3.8, 4) is 0 Å². The summed E-state index contributed by atoms with van der Waals surface area (Å²) in [6, 6.07) is 0. The van der Waals surface area contributed by atoms with Crippen LogP contribution in [-0.2, 0) is 6.61 Å². The summed E-state index contributed by atoms with van der Waals surface area (Å²) in [6.45, 7) is 1.26. The molecule has 3 N–H and O–H groups in total. The van der Waals surface area contributed by atoms with Crippen molar-refractivity contribution >= 4 is 18.3 Å². The Hall–Kier alpha value is -1.07. The molecular weight excluding hydrogens is 184 g/mol. The second-order valence-corrected chi connectivity index (χ2v) is 2.04. The number of carbonyl (C=O) groups excluding carboxylic acids is 1. The highest BCUT2D eigenvalue weighted by Gasteiger charge is 2.12. The van der Waals surface area contributed by atoms with Crippen molar-refractivity contribution in [2.24, 2.45) is 5.73 Å². The Balaban J connectivity index is 0.00000121. The van der Waals surface area contributed by atoms with Crippen LogP contribution in [0.5, 0.6) is 0 Å². The number of aliphatic hydroxyl groups excluding tert-OH is 1. The highest BCUT2D eigenvalue weighted by atomic mass is 35.5. The summed E-state index contributed by atoms with van der Waals surface area (Å²) in [5, 5.41) is 8.55. The Morgan fingerprint density at radius 3 is 2.58 bits per heavy atom. The topological polar surface area (TPSA) is 89.3 Å². The lowest BCUT2D eigenvalue weighted by Gasteiger charge is -1.86. The fourth-order valence-electron chi connectivity index (χ4n) is 0.749. The van der Waals surface area contributed by atoms with Crippen molar-refractivity contribution in [3.63, 3.8) is 0 Å². The lowest BCUT2D eigenvalue weighted by molar-refractivity contribution is 0.0968. The molecule has 0 aromatic carbocycles. The molecule has 5 nitrogen and oxygen atoms in total. The average molecular weight is 193 g/mol. The lowest BCUT2D eigenvalue weighted by Crippen LogP contribution is -2.10. The van der Waals surface area contributed by atoms with Crippen LogP contribution in [0.1, 0.15) is 22.1 Å². The van der Waals surface area contributed by atoms with Crippen LogP contribution in [0.3, 0.4) is 0 Å².